The summed E-state index contributed by atoms with van der Waals surface area (Å²) in [6.07, 6.45) is 1.80. The molecule has 1 N–H and O–H groups in total. The van der Waals surface area contributed by atoms with Crippen molar-refractivity contribution in [2.24, 2.45) is 0 Å². The summed E-state index contributed by atoms with van der Waals surface area (Å²) in [6.45, 7) is 4.06. The highest BCUT2D eigenvalue weighted by Crippen LogP contribution is 2.28. The van der Waals surface area contributed by atoms with Crippen molar-refractivity contribution in [3.63, 3.8) is 0 Å². The van der Waals surface area contributed by atoms with Crippen molar-refractivity contribution < 1.29 is 4.39 Å². The summed E-state index contributed by atoms with van der Waals surface area (Å²) < 4.78 is 13.4. The van der Waals surface area contributed by atoms with Crippen LogP contribution in [0.1, 0.15) is 24.7 Å². The number of nitrogens with zero attached hydrogens (tertiary/aromatic N) is 3. The van der Waals surface area contributed by atoms with Crippen LogP contribution in [0.2, 0.25) is 0 Å². The van der Waals surface area contributed by atoms with E-state index in [0.29, 0.717) is 0 Å². The molecule has 0 radical (unpaired) electrons. The molecule has 0 saturated carbocycles. The molecule has 1 heterocycles. The first kappa shape index (κ1) is 15.2. The fourth-order valence-electron chi connectivity index (χ4n) is 2.26. The summed E-state index contributed by atoms with van der Waals surface area (Å²) in [6, 6.07) is 6.50. The maximum absolute atomic E-state index is 13.4. The molecule has 0 amide bonds. The number of anilines is 3. The number of halogens is 1. The van der Waals surface area contributed by atoms with E-state index in [1.54, 1.807) is 6.07 Å². The first-order valence-electron chi connectivity index (χ1n) is 7.11. The number of nitrogens with one attached hydrogen (secondary N) is 1. The molecule has 5 heteroatoms. The molecule has 4 nitrogen and oxygen atoms in total. The summed E-state index contributed by atoms with van der Waals surface area (Å²) in [5.74, 6) is 2.15. The molecule has 0 aliphatic heterocycles. The Morgan fingerprint density at radius 3 is 2.67 bits per heavy atom. The van der Waals surface area contributed by atoms with E-state index in [-0.39, 0.29) is 5.82 Å². The van der Waals surface area contributed by atoms with Gasteiger partial charge in [0.1, 0.15) is 23.3 Å². The Kier molecular flexibility index (Phi) is 4.73. The lowest BCUT2D eigenvalue weighted by Gasteiger charge is -2.22. The van der Waals surface area contributed by atoms with Crippen LogP contribution in [-0.2, 0) is 6.42 Å². The van der Waals surface area contributed by atoms with Crippen LogP contribution < -0.4 is 10.2 Å². The van der Waals surface area contributed by atoms with E-state index in [2.05, 4.69) is 22.2 Å². The topological polar surface area (TPSA) is 41.1 Å². The van der Waals surface area contributed by atoms with Gasteiger partial charge in [-0.15, -0.1) is 0 Å². The second-order valence-electron chi connectivity index (χ2n) is 4.98. The number of aryl methyl sites for hydroxylation is 1. The molecule has 0 aliphatic carbocycles. The lowest BCUT2D eigenvalue weighted by atomic mass is 10.2. The summed E-state index contributed by atoms with van der Waals surface area (Å²) in [5, 5.41) is 3.10. The summed E-state index contributed by atoms with van der Waals surface area (Å²) >= 11 is 0. The Hall–Kier alpha value is -2.17. The molecular weight excluding hydrogens is 267 g/mol. The van der Waals surface area contributed by atoms with Crippen LogP contribution in [0.25, 0.3) is 0 Å². The number of rotatable bonds is 5. The van der Waals surface area contributed by atoms with Crippen LogP contribution in [0.4, 0.5) is 21.7 Å². The third-order valence-electron chi connectivity index (χ3n) is 3.39. The van der Waals surface area contributed by atoms with Crippen molar-refractivity contribution in [3.8, 4) is 0 Å². The van der Waals surface area contributed by atoms with Crippen LogP contribution in [-0.4, -0.2) is 24.1 Å². The Morgan fingerprint density at radius 1 is 1.29 bits per heavy atom. The van der Waals surface area contributed by atoms with Gasteiger partial charge in [-0.05, 0) is 31.5 Å². The van der Waals surface area contributed by atoms with Crippen molar-refractivity contribution in [1.82, 2.24) is 9.97 Å². The molecule has 0 spiro atoms. The SMILES string of the molecule is CCCc1nc(NC)c(C)c(N(C)c2cccc(F)c2)n1. The standard InChI is InChI=1S/C16H21FN4/c1-5-7-14-19-15(18-3)11(2)16(20-14)21(4)13-9-6-8-12(17)10-13/h6,8-10H,5,7H2,1-4H3,(H,18,19,20). The van der Waals surface area contributed by atoms with Crippen molar-refractivity contribution in [1.29, 1.82) is 0 Å². The third-order valence-corrected chi connectivity index (χ3v) is 3.39. The molecule has 0 unspecified atom stereocenters. The Morgan fingerprint density at radius 2 is 2.05 bits per heavy atom. The zero-order chi connectivity index (χ0) is 15.4. The zero-order valence-electron chi connectivity index (χ0n) is 12.9. The van der Waals surface area contributed by atoms with Gasteiger partial charge in [-0.25, -0.2) is 14.4 Å². The van der Waals surface area contributed by atoms with Gasteiger partial charge in [0.15, 0.2) is 0 Å². The van der Waals surface area contributed by atoms with Gasteiger partial charge in [-0.3, -0.25) is 0 Å². The Labute approximate surface area is 125 Å². The molecule has 1 aromatic heterocycles. The van der Waals surface area contributed by atoms with Crippen LogP contribution in [0, 0.1) is 12.7 Å². The largest absolute Gasteiger partial charge is 0.373 e. The van der Waals surface area contributed by atoms with Crippen molar-refractivity contribution in [2.45, 2.75) is 26.7 Å². The lowest BCUT2D eigenvalue weighted by molar-refractivity contribution is 0.628. The summed E-state index contributed by atoms with van der Waals surface area (Å²) in [7, 11) is 3.73. The molecule has 0 bridgehead atoms. The summed E-state index contributed by atoms with van der Waals surface area (Å²) in [4.78, 5) is 11.0. The monoisotopic (exact) mass is 288 g/mol. The third kappa shape index (κ3) is 3.29. The molecular formula is C16H21FN4. The highest BCUT2D eigenvalue weighted by molar-refractivity contribution is 5.66. The van der Waals surface area contributed by atoms with E-state index in [0.717, 1.165) is 41.6 Å². The average molecular weight is 288 g/mol. The second-order valence-corrected chi connectivity index (χ2v) is 4.98. The van der Waals surface area contributed by atoms with Gasteiger partial charge in [-0.1, -0.05) is 13.0 Å². The first-order chi connectivity index (χ1) is 10.1. The molecule has 0 fully saturated rings. The quantitative estimate of drug-likeness (QED) is 0.911. The van der Waals surface area contributed by atoms with Crippen molar-refractivity contribution >= 4 is 17.3 Å². The fraction of sp³-hybridized carbons (Fsp3) is 0.375. The maximum Gasteiger partial charge on any atom is 0.141 e. The molecule has 112 valence electrons. The highest BCUT2D eigenvalue weighted by Gasteiger charge is 2.15. The number of hydrogen-bond donors (Lipinski definition) is 1. The van der Waals surface area contributed by atoms with Gasteiger partial charge in [0.25, 0.3) is 0 Å². The normalized spacial score (nSPS) is 10.5. The van der Waals surface area contributed by atoms with Gasteiger partial charge in [-0.2, -0.15) is 0 Å². The van der Waals surface area contributed by atoms with Gasteiger partial charge < -0.3 is 10.2 Å². The molecule has 2 aromatic rings. The van der Waals surface area contributed by atoms with Crippen molar-refractivity contribution in [2.75, 3.05) is 24.3 Å². The minimum atomic E-state index is -0.256. The average Bonchev–Trinajstić information content (AvgIpc) is 2.48. The van der Waals surface area contributed by atoms with E-state index >= 15 is 0 Å². The molecule has 0 saturated heterocycles. The minimum Gasteiger partial charge on any atom is -0.373 e. The van der Waals surface area contributed by atoms with Crippen molar-refractivity contribution in [3.05, 3.63) is 41.5 Å². The van der Waals surface area contributed by atoms with Crippen LogP contribution in [0.3, 0.4) is 0 Å². The predicted octanol–water partition coefficient (Wildman–Crippen LogP) is 3.69. The highest BCUT2D eigenvalue weighted by atomic mass is 19.1. The smallest absolute Gasteiger partial charge is 0.141 e. The van der Waals surface area contributed by atoms with E-state index in [1.807, 2.05) is 32.0 Å². The summed E-state index contributed by atoms with van der Waals surface area (Å²) in [5.41, 5.74) is 1.71. The minimum absolute atomic E-state index is 0.256. The number of benzene rings is 1. The van der Waals surface area contributed by atoms with E-state index in [1.165, 1.54) is 12.1 Å². The molecule has 1 aromatic carbocycles. The predicted molar refractivity (Wildman–Crippen MR) is 84.8 cm³/mol. The van der Waals surface area contributed by atoms with Crippen LogP contribution >= 0.6 is 0 Å². The fourth-order valence-corrected chi connectivity index (χ4v) is 2.26. The molecule has 0 aliphatic rings. The molecule has 0 atom stereocenters. The van der Waals surface area contributed by atoms with E-state index in [9.17, 15) is 4.39 Å². The number of aromatic nitrogens is 2. The number of hydrogen-bond acceptors (Lipinski definition) is 4. The second kappa shape index (κ2) is 6.52. The first-order valence-corrected chi connectivity index (χ1v) is 7.11. The van der Waals surface area contributed by atoms with Gasteiger partial charge in [0.2, 0.25) is 0 Å². The Balaban J connectivity index is 2.48. The van der Waals surface area contributed by atoms with Crippen LogP contribution in [0.15, 0.2) is 24.3 Å². The maximum atomic E-state index is 13.4. The lowest BCUT2D eigenvalue weighted by Crippen LogP contribution is -2.16. The Bertz CT molecular complexity index is 628. The van der Waals surface area contributed by atoms with Gasteiger partial charge in [0, 0.05) is 31.8 Å². The van der Waals surface area contributed by atoms with Gasteiger partial charge in [0.05, 0.1) is 0 Å². The zero-order valence-corrected chi connectivity index (χ0v) is 12.9. The van der Waals surface area contributed by atoms with E-state index in [4.69, 9.17) is 0 Å². The molecule has 21 heavy (non-hydrogen) atoms. The van der Waals surface area contributed by atoms with Gasteiger partial charge >= 0.3 is 0 Å². The van der Waals surface area contributed by atoms with Crippen LogP contribution in [0.5, 0.6) is 0 Å². The molecule has 2 rings (SSSR count). The van der Waals surface area contributed by atoms with E-state index < -0.39 is 0 Å².